The quantitative estimate of drug-likeness (QED) is 0.899. The molecule has 0 aliphatic heterocycles. The van der Waals surface area contributed by atoms with E-state index in [0.29, 0.717) is 6.04 Å². The van der Waals surface area contributed by atoms with Crippen molar-refractivity contribution in [2.24, 2.45) is 0 Å². The van der Waals surface area contributed by atoms with E-state index in [1.807, 2.05) is 20.9 Å². The van der Waals surface area contributed by atoms with Crippen LogP contribution in [0.2, 0.25) is 0 Å². The van der Waals surface area contributed by atoms with E-state index in [0.717, 1.165) is 5.75 Å². The number of fused-ring (bicyclic) bond motifs is 1. The summed E-state index contributed by atoms with van der Waals surface area (Å²) in [5, 5.41) is 3.39. The summed E-state index contributed by atoms with van der Waals surface area (Å²) >= 11 is 0. The topological polar surface area (TPSA) is 21.3 Å². The molecule has 0 heterocycles. The predicted molar refractivity (Wildman–Crippen MR) is 87.8 cm³/mol. The zero-order chi connectivity index (χ0) is 14.8. The van der Waals surface area contributed by atoms with Crippen molar-refractivity contribution in [1.82, 2.24) is 5.32 Å². The van der Waals surface area contributed by atoms with Crippen molar-refractivity contribution >= 4 is 0 Å². The van der Waals surface area contributed by atoms with E-state index in [1.54, 1.807) is 0 Å². The van der Waals surface area contributed by atoms with Gasteiger partial charge in [0.1, 0.15) is 5.75 Å². The van der Waals surface area contributed by atoms with Crippen LogP contribution in [0.3, 0.4) is 0 Å². The molecule has 2 aromatic carbocycles. The van der Waals surface area contributed by atoms with Crippen molar-refractivity contribution in [2.75, 3.05) is 7.05 Å². The average Bonchev–Trinajstić information content (AvgIpc) is 2.89. The summed E-state index contributed by atoms with van der Waals surface area (Å²) in [4.78, 5) is 0. The molecule has 0 spiro atoms. The van der Waals surface area contributed by atoms with Crippen LogP contribution in [0.1, 0.15) is 37.4 Å². The van der Waals surface area contributed by atoms with Crippen LogP contribution in [0.4, 0.5) is 0 Å². The number of benzene rings is 2. The third-order valence-corrected chi connectivity index (χ3v) is 4.13. The van der Waals surface area contributed by atoms with Crippen molar-refractivity contribution in [2.45, 2.75) is 38.8 Å². The summed E-state index contributed by atoms with van der Waals surface area (Å²) in [6.45, 7) is 4.10. The second kappa shape index (κ2) is 5.90. The average molecular weight is 281 g/mol. The minimum atomic E-state index is 0.217. The van der Waals surface area contributed by atoms with Crippen LogP contribution in [-0.4, -0.2) is 13.2 Å². The molecule has 0 amide bonds. The highest BCUT2D eigenvalue weighted by atomic mass is 16.5. The van der Waals surface area contributed by atoms with Gasteiger partial charge in [-0.2, -0.15) is 0 Å². The molecule has 110 valence electrons. The van der Waals surface area contributed by atoms with E-state index in [2.05, 4.69) is 47.8 Å². The molecule has 0 fully saturated rings. The summed E-state index contributed by atoms with van der Waals surface area (Å²) in [6.07, 6.45) is 2.59. The molecule has 0 aromatic heterocycles. The molecule has 0 saturated heterocycles. The van der Waals surface area contributed by atoms with E-state index < -0.39 is 0 Å². The summed E-state index contributed by atoms with van der Waals surface area (Å²) in [5.41, 5.74) is 5.48. The highest BCUT2D eigenvalue weighted by molar-refractivity contribution is 5.66. The van der Waals surface area contributed by atoms with Crippen molar-refractivity contribution in [1.29, 1.82) is 0 Å². The highest BCUT2D eigenvalue weighted by Gasteiger charge is 2.20. The van der Waals surface area contributed by atoms with Crippen LogP contribution in [0.5, 0.6) is 5.75 Å². The maximum atomic E-state index is 5.70. The molecule has 0 saturated carbocycles. The zero-order valence-electron chi connectivity index (χ0n) is 13.0. The van der Waals surface area contributed by atoms with E-state index in [9.17, 15) is 0 Å². The SMILES string of the molecule is CNC1CCc2cc(-c3ccc(OC(C)C)cc3)ccc21. The van der Waals surface area contributed by atoms with E-state index in [4.69, 9.17) is 4.74 Å². The van der Waals surface area contributed by atoms with Gasteiger partial charge >= 0.3 is 0 Å². The monoisotopic (exact) mass is 281 g/mol. The first-order valence-electron chi connectivity index (χ1n) is 7.74. The minimum Gasteiger partial charge on any atom is -0.491 e. The van der Waals surface area contributed by atoms with Crippen LogP contribution in [0.15, 0.2) is 42.5 Å². The fourth-order valence-electron chi connectivity index (χ4n) is 3.10. The second-order valence-electron chi connectivity index (χ2n) is 5.98. The smallest absolute Gasteiger partial charge is 0.119 e. The summed E-state index contributed by atoms with van der Waals surface area (Å²) in [5.74, 6) is 0.935. The Kier molecular flexibility index (Phi) is 3.98. The minimum absolute atomic E-state index is 0.217. The Hall–Kier alpha value is -1.80. The van der Waals surface area contributed by atoms with Crippen LogP contribution < -0.4 is 10.1 Å². The number of rotatable bonds is 4. The fraction of sp³-hybridized carbons (Fsp3) is 0.368. The first kappa shape index (κ1) is 14.2. The van der Waals surface area contributed by atoms with Gasteiger partial charge in [-0.25, -0.2) is 0 Å². The fourth-order valence-corrected chi connectivity index (χ4v) is 3.10. The van der Waals surface area contributed by atoms with Gasteiger partial charge in [0, 0.05) is 6.04 Å². The summed E-state index contributed by atoms with van der Waals surface area (Å²) < 4.78 is 5.70. The largest absolute Gasteiger partial charge is 0.491 e. The van der Waals surface area contributed by atoms with E-state index in [-0.39, 0.29) is 6.10 Å². The lowest BCUT2D eigenvalue weighted by molar-refractivity contribution is 0.242. The van der Waals surface area contributed by atoms with Crippen LogP contribution in [0, 0.1) is 0 Å². The molecular formula is C19H23NO. The zero-order valence-corrected chi connectivity index (χ0v) is 13.0. The maximum absolute atomic E-state index is 5.70. The predicted octanol–water partition coefficient (Wildman–Crippen LogP) is 4.35. The third kappa shape index (κ3) is 2.96. The van der Waals surface area contributed by atoms with Gasteiger partial charge in [-0.3, -0.25) is 0 Å². The molecule has 2 aromatic rings. The second-order valence-corrected chi connectivity index (χ2v) is 5.98. The van der Waals surface area contributed by atoms with Crippen molar-refractivity contribution in [3.05, 3.63) is 53.6 Å². The van der Waals surface area contributed by atoms with E-state index in [1.165, 1.54) is 35.1 Å². The van der Waals surface area contributed by atoms with Gasteiger partial charge in [-0.15, -0.1) is 0 Å². The first-order chi connectivity index (χ1) is 10.2. The van der Waals surface area contributed by atoms with Crippen LogP contribution in [0.25, 0.3) is 11.1 Å². The lowest BCUT2D eigenvalue weighted by Crippen LogP contribution is -2.12. The van der Waals surface area contributed by atoms with Gasteiger partial charge < -0.3 is 10.1 Å². The van der Waals surface area contributed by atoms with Crippen LogP contribution in [-0.2, 0) is 6.42 Å². The molecule has 1 unspecified atom stereocenters. The Bertz CT molecular complexity index is 616. The van der Waals surface area contributed by atoms with Gasteiger partial charge in [0.05, 0.1) is 6.10 Å². The molecule has 1 aliphatic carbocycles. The maximum Gasteiger partial charge on any atom is 0.119 e. The molecule has 1 atom stereocenters. The normalized spacial score (nSPS) is 17.0. The Morgan fingerprint density at radius 3 is 2.43 bits per heavy atom. The number of hydrogen-bond acceptors (Lipinski definition) is 2. The van der Waals surface area contributed by atoms with Crippen molar-refractivity contribution in [3.63, 3.8) is 0 Å². The summed E-state index contributed by atoms with van der Waals surface area (Å²) in [7, 11) is 2.04. The Balaban J connectivity index is 1.84. The standard InChI is InChI=1S/C19H23NO/c1-13(2)21-17-8-4-14(5-9-17)15-6-10-18-16(12-15)7-11-19(18)20-3/h4-6,8-10,12-13,19-20H,7,11H2,1-3H3. The van der Waals surface area contributed by atoms with Crippen molar-refractivity contribution < 1.29 is 4.74 Å². The molecule has 2 heteroatoms. The molecule has 1 aliphatic rings. The van der Waals surface area contributed by atoms with Gasteiger partial charge in [0.2, 0.25) is 0 Å². The van der Waals surface area contributed by atoms with Gasteiger partial charge in [-0.1, -0.05) is 30.3 Å². The summed E-state index contributed by atoms with van der Waals surface area (Å²) in [6, 6.07) is 15.8. The molecule has 1 N–H and O–H groups in total. The Labute approximate surface area is 127 Å². The van der Waals surface area contributed by atoms with Gasteiger partial charge in [0.25, 0.3) is 0 Å². The van der Waals surface area contributed by atoms with Gasteiger partial charge in [-0.05, 0) is 68.1 Å². The lowest BCUT2D eigenvalue weighted by Gasteiger charge is -2.12. The lowest BCUT2D eigenvalue weighted by atomic mass is 10.00. The molecule has 2 nitrogen and oxygen atoms in total. The Morgan fingerprint density at radius 2 is 1.76 bits per heavy atom. The third-order valence-electron chi connectivity index (χ3n) is 4.13. The highest BCUT2D eigenvalue weighted by Crippen LogP contribution is 2.34. The number of ether oxygens (including phenoxy) is 1. The molecule has 0 radical (unpaired) electrons. The number of hydrogen-bond donors (Lipinski definition) is 1. The van der Waals surface area contributed by atoms with E-state index >= 15 is 0 Å². The van der Waals surface area contributed by atoms with Gasteiger partial charge in [0.15, 0.2) is 0 Å². The van der Waals surface area contributed by atoms with Crippen molar-refractivity contribution in [3.8, 4) is 16.9 Å². The molecule has 0 bridgehead atoms. The number of nitrogens with one attached hydrogen (secondary N) is 1. The first-order valence-corrected chi connectivity index (χ1v) is 7.74. The Morgan fingerprint density at radius 1 is 1.05 bits per heavy atom. The molecule has 21 heavy (non-hydrogen) atoms. The van der Waals surface area contributed by atoms with Crippen LogP contribution >= 0.6 is 0 Å². The molecular weight excluding hydrogens is 258 g/mol. The number of aryl methyl sites for hydroxylation is 1. The molecule has 3 rings (SSSR count).